The van der Waals surface area contributed by atoms with Gasteiger partial charge in [0.05, 0.1) is 23.5 Å². The molecule has 1 heterocycles. The highest BCUT2D eigenvalue weighted by molar-refractivity contribution is 5.93. The summed E-state index contributed by atoms with van der Waals surface area (Å²) in [6.07, 6.45) is -2.53. The number of likely N-dealkylation sites (N-methyl/N-ethyl adjacent to an activating group) is 1. The lowest BCUT2D eigenvalue weighted by Crippen LogP contribution is -2.37. The SMILES string of the molecule is CCN(CCO)C(=O)Nc1cc(C(F)(F)F)ccc1N1CCCC1. The molecule has 0 saturated carbocycles. The van der Waals surface area contributed by atoms with Gasteiger partial charge in [0, 0.05) is 26.2 Å². The minimum Gasteiger partial charge on any atom is -0.395 e. The average molecular weight is 345 g/mol. The Hall–Kier alpha value is -1.96. The number of urea groups is 1. The van der Waals surface area contributed by atoms with Crippen molar-refractivity contribution in [1.82, 2.24) is 4.90 Å². The largest absolute Gasteiger partial charge is 0.416 e. The fourth-order valence-corrected chi connectivity index (χ4v) is 2.76. The molecule has 1 fully saturated rings. The Balaban J connectivity index is 2.31. The van der Waals surface area contributed by atoms with E-state index in [1.807, 2.05) is 4.90 Å². The lowest BCUT2D eigenvalue weighted by atomic mass is 10.1. The fraction of sp³-hybridized carbons (Fsp3) is 0.562. The molecule has 8 heteroatoms. The first-order chi connectivity index (χ1) is 11.4. The molecule has 1 aliphatic rings. The zero-order valence-corrected chi connectivity index (χ0v) is 13.6. The molecule has 24 heavy (non-hydrogen) atoms. The van der Waals surface area contributed by atoms with E-state index < -0.39 is 17.8 Å². The first-order valence-corrected chi connectivity index (χ1v) is 7.99. The average Bonchev–Trinajstić information content (AvgIpc) is 3.05. The second-order valence-electron chi connectivity index (χ2n) is 5.66. The van der Waals surface area contributed by atoms with Crippen molar-refractivity contribution in [3.8, 4) is 0 Å². The Bertz CT molecular complexity index is 572. The summed E-state index contributed by atoms with van der Waals surface area (Å²) in [5, 5.41) is 11.6. The number of benzene rings is 1. The smallest absolute Gasteiger partial charge is 0.395 e. The van der Waals surface area contributed by atoms with Gasteiger partial charge in [0.25, 0.3) is 0 Å². The molecule has 1 aromatic rings. The van der Waals surface area contributed by atoms with Crippen molar-refractivity contribution in [3.05, 3.63) is 23.8 Å². The van der Waals surface area contributed by atoms with E-state index in [4.69, 9.17) is 5.11 Å². The van der Waals surface area contributed by atoms with Crippen molar-refractivity contribution < 1.29 is 23.1 Å². The van der Waals surface area contributed by atoms with E-state index in [2.05, 4.69) is 5.32 Å². The van der Waals surface area contributed by atoms with Crippen LogP contribution in [0.25, 0.3) is 0 Å². The maximum absolute atomic E-state index is 13.0. The van der Waals surface area contributed by atoms with Crippen LogP contribution in [0.15, 0.2) is 18.2 Å². The predicted molar refractivity (Wildman–Crippen MR) is 86.2 cm³/mol. The molecular formula is C16H22F3N3O2. The van der Waals surface area contributed by atoms with Crippen LogP contribution >= 0.6 is 0 Å². The third-order valence-corrected chi connectivity index (χ3v) is 4.05. The third-order valence-electron chi connectivity index (χ3n) is 4.05. The molecule has 1 aromatic carbocycles. The van der Waals surface area contributed by atoms with Gasteiger partial charge in [-0.25, -0.2) is 4.79 Å². The second kappa shape index (κ2) is 7.74. The van der Waals surface area contributed by atoms with Crippen LogP contribution in [0.2, 0.25) is 0 Å². The number of hydrogen-bond acceptors (Lipinski definition) is 3. The molecule has 1 saturated heterocycles. The topological polar surface area (TPSA) is 55.8 Å². The molecule has 5 nitrogen and oxygen atoms in total. The van der Waals surface area contributed by atoms with Gasteiger partial charge >= 0.3 is 12.2 Å². The van der Waals surface area contributed by atoms with Crippen LogP contribution in [0.4, 0.5) is 29.3 Å². The number of rotatable bonds is 5. The molecule has 0 unspecified atom stereocenters. The monoisotopic (exact) mass is 345 g/mol. The minimum absolute atomic E-state index is 0.125. The molecule has 134 valence electrons. The first-order valence-electron chi connectivity index (χ1n) is 7.99. The lowest BCUT2D eigenvalue weighted by molar-refractivity contribution is -0.137. The summed E-state index contributed by atoms with van der Waals surface area (Å²) in [7, 11) is 0. The van der Waals surface area contributed by atoms with Crippen LogP contribution in [-0.4, -0.2) is 48.8 Å². The Morgan fingerprint density at radius 1 is 1.33 bits per heavy atom. The Morgan fingerprint density at radius 3 is 2.54 bits per heavy atom. The fourth-order valence-electron chi connectivity index (χ4n) is 2.76. The number of aliphatic hydroxyl groups is 1. The van der Waals surface area contributed by atoms with E-state index in [1.165, 1.54) is 11.0 Å². The molecule has 2 amide bonds. The van der Waals surface area contributed by atoms with E-state index in [0.29, 0.717) is 12.2 Å². The number of nitrogens with zero attached hydrogens (tertiary/aromatic N) is 2. The van der Waals surface area contributed by atoms with E-state index in [0.717, 1.165) is 38.1 Å². The van der Waals surface area contributed by atoms with Gasteiger partial charge in [0.15, 0.2) is 0 Å². The van der Waals surface area contributed by atoms with Gasteiger partial charge < -0.3 is 20.2 Å². The predicted octanol–water partition coefficient (Wildman–Crippen LogP) is 3.15. The number of aliphatic hydroxyl groups excluding tert-OH is 1. The zero-order chi connectivity index (χ0) is 17.7. The molecule has 0 spiro atoms. The van der Waals surface area contributed by atoms with Crippen LogP contribution in [0.1, 0.15) is 25.3 Å². The summed E-state index contributed by atoms with van der Waals surface area (Å²) in [6, 6.07) is 2.89. The number of carbonyl (C=O) groups excluding carboxylic acids is 1. The zero-order valence-electron chi connectivity index (χ0n) is 13.6. The van der Waals surface area contributed by atoms with E-state index in [-0.39, 0.29) is 18.8 Å². The summed E-state index contributed by atoms with van der Waals surface area (Å²) in [6.45, 7) is 3.51. The van der Waals surface area contributed by atoms with Crippen LogP contribution in [-0.2, 0) is 6.18 Å². The molecular weight excluding hydrogens is 323 g/mol. The van der Waals surface area contributed by atoms with Crippen LogP contribution in [0, 0.1) is 0 Å². The summed E-state index contributed by atoms with van der Waals surface area (Å²) in [4.78, 5) is 15.6. The molecule has 0 aromatic heterocycles. The summed E-state index contributed by atoms with van der Waals surface area (Å²) in [5.41, 5.74) is -0.0621. The van der Waals surface area contributed by atoms with Crippen molar-refractivity contribution in [2.45, 2.75) is 25.9 Å². The van der Waals surface area contributed by atoms with Gasteiger partial charge in [0.1, 0.15) is 0 Å². The molecule has 0 bridgehead atoms. The van der Waals surface area contributed by atoms with E-state index >= 15 is 0 Å². The number of halogens is 3. The number of nitrogens with one attached hydrogen (secondary N) is 1. The van der Waals surface area contributed by atoms with Crippen molar-refractivity contribution in [2.24, 2.45) is 0 Å². The summed E-state index contributed by atoms with van der Waals surface area (Å²) in [5.74, 6) is 0. The van der Waals surface area contributed by atoms with Crippen LogP contribution in [0.3, 0.4) is 0 Å². The maximum atomic E-state index is 13.0. The van der Waals surface area contributed by atoms with Crippen molar-refractivity contribution in [3.63, 3.8) is 0 Å². The molecule has 0 radical (unpaired) electrons. The highest BCUT2D eigenvalue weighted by Crippen LogP contribution is 2.36. The van der Waals surface area contributed by atoms with Gasteiger partial charge in [-0.05, 0) is 38.0 Å². The van der Waals surface area contributed by atoms with Gasteiger partial charge in [-0.15, -0.1) is 0 Å². The normalized spacial score (nSPS) is 14.8. The van der Waals surface area contributed by atoms with Crippen molar-refractivity contribution in [1.29, 1.82) is 0 Å². The molecule has 1 aliphatic heterocycles. The Labute approximate surface area is 139 Å². The van der Waals surface area contributed by atoms with E-state index in [1.54, 1.807) is 6.92 Å². The Kier molecular flexibility index (Phi) is 5.93. The number of alkyl halides is 3. The molecule has 0 aliphatic carbocycles. The van der Waals surface area contributed by atoms with Gasteiger partial charge in [0.2, 0.25) is 0 Å². The highest BCUT2D eigenvalue weighted by atomic mass is 19.4. The second-order valence-corrected chi connectivity index (χ2v) is 5.66. The minimum atomic E-state index is -4.47. The maximum Gasteiger partial charge on any atom is 0.416 e. The first kappa shape index (κ1) is 18.4. The number of amides is 2. The third kappa shape index (κ3) is 4.31. The molecule has 2 rings (SSSR count). The highest BCUT2D eigenvalue weighted by Gasteiger charge is 2.32. The van der Waals surface area contributed by atoms with Crippen molar-refractivity contribution >= 4 is 17.4 Å². The van der Waals surface area contributed by atoms with E-state index in [9.17, 15) is 18.0 Å². The number of carbonyl (C=O) groups is 1. The van der Waals surface area contributed by atoms with Crippen LogP contribution in [0.5, 0.6) is 0 Å². The van der Waals surface area contributed by atoms with Crippen molar-refractivity contribution in [2.75, 3.05) is 43.0 Å². The summed E-state index contributed by atoms with van der Waals surface area (Å²) < 4.78 is 39.0. The Morgan fingerprint density at radius 2 is 2.00 bits per heavy atom. The standard InChI is InChI=1S/C16H22F3N3O2/c1-2-21(9-10-23)15(24)20-13-11-12(16(17,18)19)5-6-14(13)22-7-3-4-8-22/h5-6,11,23H,2-4,7-10H2,1H3,(H,20,24). The number of anilines is 2. The quantitative estimate of drug-likeness (QED) is 0.862. The van der Waals surface area contributed by atoms with Crippen LogP contribution < -0.4 is 10.2 Å². The number of hydrogen-bond donors (Lipinski definition) is 2. The molecule has 2 N–H and O–H groups in total. The molecule has 0 atom stereocenters. The van der Waals surface area contributed by atoms with Gasteiger partial charge in [-0.1, -0.05) is 0 Å². The van der Waals surface area contributed by atoms with Gasteiger partial charge in [-0.2, -0.15) is 13.2 Å². The lowest BCUT2D eigenvalue weighted by Gasteiger charge is -2.25. The van der Waals surface area contributed by atoms with Gasteiger partial charge in [-0.3, -0.25) is 0 Å². The summed E-state index contributed by atoms with van der Waals surface area (Å²) >= 11 is 0.